The van der Waals surface area contributed by atoms with Gasteiger partial charge < -0.3 is 11.1 Å². The molecule has 0 saturated heterocycles. The highest BCUT2D eigenvalue weighted by Gasteiger charge is 2.12. The minimum atomic E-state index is -0.468. The largest absolute Gasteiger partial charge is 0.384 e. The second-order valence-electron chi connectivity index (χ2n) is 5.05. The SMILES string of the molecule is CC.CC.Nc1cccc(-c2nc(Nc3ccncc3F)c3cccn3n2)n1. The number of anilines is 3. The van der Waals surface area contributed by atoms with E-state index >= 15 is 0 Å². The minimum Gasteiger partial charge on any atom is -0.384 e. The first kappa shape index (κ1) is 20.8. The fraction of sp³-hybridized carbons (Fsp3) is 0.200. The van der Waals surface area contributed by atoms with Crippen LogP contribution >= 0.6 is 0 Å². The Hall–Kier alpha value is -3.55. The first-order chi connectivity index (χ1) is 13.7. The number of pyridine rings is 2. The van der Waals surface area contributed by atoms with Crippen LogP contribution in [0.25, 0.3) is 17.0 Å². The van der Waals surface area contributed by atoms with Gasteiger partial charge in [0.2, 0.25) is 5.82 Å². The highest BCUT2D eigenvalue weighted by molar-refractivity contribution is 5.74. The molecule has 0 amide bonds. The molecule has 8 heteroatoms. The molecule has 0 atom stereocenters. The predicted molar refractivity (Wildman–Crippen MR) is 111 cm³/mol. The Morgan fingerprint density at radius 1 is 1.00 bits per heavy atom. The maximum atomic E-state index is 13.9. The van der Waals surface area contributed by atoms with Gasteiger partial charge in [0.1, 0.15) is 17.0 Å². The van der Waals surface area contributed by atoms with Gasteiger partial charge in [0.25, 0.3) is 0 Å². The van der Waals surface area contributed by atoms with Crippen molar-refractivity contribution in [1.29, 1.82) is 0 Å². The van der Waals surface area contributed by atoms with Crippen molar-refractivity contribution >= 4 is 22.8 Å². The van der Waals surface area contributed by atoms with Gasteiger partial charge in [-0.1, -0.05) is 33.8 Å². The summed E-state index contributed by atoms with van der Waals surface area (Å²) in [7, 11) is 0. The molecule has 146 valence electrons. The second kappa shape index (κ2) is 9.96. The lowest BCUT2D eigenvalue weighted by atomic mass is 10.3. The van der Waals surface area contributed by atoms with Gasteiger partial charge >= 0.3 is 0 Å². The Morgan fingerprint density at radius 2 is 1.79 bits per heavy atom. The quantitative estimate of drug-likeness (QED) is 0.534. The van der Waals surface area contributed by atoms with E-state index in [-0.39, 0.29) is 5.69 Å². The van der Waals surface area contributed by atoms with Gasteiger partial charge in [0, 0.05) is 12.4 Å². The zero-order valence-corrected chi connectivity index (χ0v) is 16.4. The molecule has 28 heavy (non-hydrogen) atoms. The standard InChI is InChI=1S/C16H12FN7.2C2H6/c17-10-9-19-7-6-11(10)21-16-13-4-2-8-24(13)23-15(22-16)12-3-1-5-14(18)20-12;2*1-2/h1-9H,(H2,18,20)(H,19,21,22,23);2*1-2H3. The van der Waals surface area contributed by atoms with E-state index in [9.17, 15) is 4.39 Å². The third-order valence-corrected chi connectivity index (χ3v) is 3.42. The topological polar surface area (TPSA) is 94.0 Å². The number of nitrogen functional groups attached to an aromatic ring is 1. The van der Waals surface area contributed by atoms with Gasteiger partial charge in [-0.15, -0.1) is 5.10 Å². The van der Waals surface area contributed by atoms with E-state index in [2.05, 4.69) is 25.4 Å². The number of nitrogens with two attached hydrogens (primary N) is 1. The van der Waals surface area contributed by atoms with Crippen LogP contribution in [0.5, 0.6) is 0 Å². The molecule has 4 rings (SSSR count). The van der Waals surface area contributed by atoms with Crippen LogP contribution in [0, 0.1) is 5.82 Å². The van der Waals surface area contributed by atoms with E-state index < -0.39 is 5.82 Å². The van der Waals surface area contributed by atoms with Crippen LogP contribution in [-0.2, 0) is 0 Å². The fourth-order valence-electron chi connectivity index (χ4n) is 2.32. The Balaban J connectivity index is 0.000000660. The molecule has 0 fully saturated rings. The highest BCUT2D eigenvalue weighted by Crippen LogP contribution is 2.24. The predicted octanol–water partition coefficient (Wildman–Crippen LogP) is 4.70. The summed E-state index contributed by atoms with van der Waals surface area (Å²) in [6.07, 6.45) is 4.42. The summed E-state index contributed by atoms with van der Waals surface area (Å²) >= 11 is 0. The van der Waals surface area contributed by atoms with Crippen LogP contribution in [-0.4, -0.2) is 24.6 Å². The van der Waals surface area contributed by atoms with Gasteiger partial charge in [0.05, 0.1) is 11.9 Å². The van der Waals surface area contributed by atoms with Crippen molar-refractivity contribution in [3.8, 4) is 11.5 Å². The molecule has 0 aromatic carbocycles. The first-order valence-corrected chi connectivity index (χ1v) is 9.15. The van der Waals surface area contributed by atoms with E-state index in [4.69, 9.17) is 5.73 Å². The molecule has 0 aliphatic rings. The Bertz CT molecular complexity index is 1030. The summed E-state index contributed by atoms with van der Waals surface area (Å²) in [5.41, 5.74) is 7.24. The molecule has 0 bridgehead atoms. The summed E-state index contributed by atoms with van der Waals surface area (Å²) in [5.74, 6) is 0.741. The van der Waals surface area contributed by atoms with Crippen molar-refractivity contribution in [2.24, 2.45) is 0 Å². The average molecular weight is 381 g/mol. The minimum absolute atomic E-state index is 0.276. The van der Waals surface area contributed by atoms with E-state index in [1.54, 1.807) is 28.9 Å². The van der Waals surface area contributed by atoms with Crippen molar-refractivity contribution in [2.75, 3.05) is 11.1 Å². The Morgan fingerprint density at radius 3 is 2.50 bits per heavy atom. The van der Waals surface area contributed by atoms with Crippen LogP contribution in [0.3, 0.4) is 0 Å². The molecule has 0 spiro atoms. The molecule has 4 heterocycles. The normalized spacial score (nSPS) is 9.75. The number of halogens is 1. The average Bonchev–Trinajstić information content (AvgIpc) is 3.22. The number of hydrogen-bond donors (Lipinski definition) is 2. The molecule has 0 aliphatic carbocycles. The summed E-state index contributed by atoms with van der Waals surface area (Å²) in [6, 6.07) is 10.4. The molecular weight excluding hydrogens is 357 g/mol. The molecular formula is C20H24FN7. The monoisotopic (exact) mass is 381 g/mol. The maximum absolute atomic E-state index is 13.9. The van der Waals surface area contributed by atoms with E-state index in [1.165, 1.54) is 12.3 Å². The lowest BCUT2D eigenvalue weighted by Crippen LogP contribution is -2.05. The molecule has 0 saturated carbocycles. The van der Waals surface area contributed by atoms with Crippen LogP contribution in [0.2, 0.25) is 0 Å². The number of fused-ring (bicyclic) bond motifs is 1. The van der Waals surface area contributed by atoms with Crippen LogP contribution in [0.1, 0.15) is 27.7 Å². The van der Waals surface area contributed by atoms with Crippen molar-refractivity contribution in [3.05, 3.63) is 60.8 Å². The van der Waals surface area contributed by atoms with Crippen LogP contribution < -0.4 is 11.1 Å². The van der Waals surface area contributed by atoms with Gasteiger partial charge in [-0.25, -0.2) is 18.9 Å². The number of aromatic nitrogens is 5. The molecule has 0 radical (unpaired) electrons. The molecule has 3 N–H and O–H groups in total. The zero-order chi connectivity index (χ0) is 20.5. The van der Waals surface area contributed by atoms with Crippen LogP contribution in [0.4, 0.5) is 21.7 Å². The molecule has 7 nitrogen and oxygen atoms in total. The number of nitrogens with zero attached hydrogens (tertiary/aromatic N) is 5. The van der Waals surface area contributed by atoms with E-state index in [0.29, 0.717) is 28.7 Å². The smallest absolute Gasteiger partial charge is 0.200 e. The summed E-state index contributed by atoms with van der Waals surface area (Å²) < 4.78 is 15.5. The first-order valence-electron chi connectivity index (χ1n) is 9.15. The lowest BCUT2D eigenvalue weighted by molar-refractivity contribution is 0.625. The second-order valence-corrected chi connectivity index (χ2v) is 5.05. The van der Waals surface area contributed by atoms with Crippen molar-refractivity contribution in [2.45, 2.75) is 27.7 Å². The number of nitrogens with one attached hydrogen (secondary N) is 1. The molecule has 4 aromatic heterocycles. The summed E-state index contributed by atoms with van der Waals surface area (Å²) in [5, 5.41) is 7.39. The fourth-order valence-corrected chi connectivity index (χ4v) is 2.32. The van der Waals surface area contributed by atoms with Crippen molar-refractivity contribution < 1.29 is 4.39 Å². The van der Waals surface area contributed by atoms with Crippen LogP contribution in [0.15, 0.2) is 55.0 Å². The van der Waals surface area contributed by atoms with Crippen molar-refractivity contribution in [1.82, 2.24) is 24.6 Å². The van der Waals surface area contributed by atoms with E-state index in [0.717, 1.165) is 6.20 Å². The molecule has 0 unspecified atom stereocenters. The number of hydrogen-bond acceptors (Lipinski definition) is 6. The zero-order valence-electron chi connectivity index (χ0n) is 16.4. The Labute approximate surface area is 163 Å². The lowest BCUT2D eigenvalue weighted by Gasteiger charge is -2.10. The van der Waals surface area contributed by atoms with Gasteiger partial charge in [-0.05, 0) is 30.3 Å². The van der Waals surface area contributed by atoms with Gasteiger partial charge in [-0.2, -0.15) is 0 Å². The third-order valence-electron chi connectivity index (χ3n) is 3.42. The third kappa shape index (κ3) is 4.59. The molecule has 0 aliphatic heterocycles. The van der Waals surface area contributed by atoms with Gasteiger partial charge in [0.15, 0.2) is 11.6 Å². The highest BCUT2D eigenvalue weighted by atomic mass is 19.1. The molecule has 4 aromatic rings. The number of rotatable bonds is 3. The van der Waals surface area contributed by atoms with Gasteiger partial charge in [-0.3, -0.25) is 4.98 Å². The summed E-state index contributed by atoms with van der Waals surface area (Å²) in [6.45, 7) is 8.00. The summed E-state index contributed by atoms with van der Waals surface area (Å²) in [4.78, 5) is 12.4. The maximum Gasteiger partial charge on any atom is 0.200 e. The van der Waals surface area contributed by atoms with E-state index in [1.807, 2.05) is 39.8 Å². The Kier molecular flexibility index (Phi) is 7.38. The van der Waals surface area contributed by atoms with Crippen molar-refractivity contribution in [3.63, 3.8) is 0 Å².